The summed E-state index contributed by atoms with van der Waals surface area (Å²) in [5.74, 6) is -0.612. The van der Waals surface area contributed by atoms with Gasteiger partial charge in [0.25, 0.3) is 0 Å². The highest BCUT2D eigenvalue weighted by atomic mass is 32.2. The van der Waals surface area contributed by atoms with Crippen molar-refractivity contribution in [3.8, 4) is 0 Å². The van der Waals surface area contributed by atoms with Crippen LogP contribution < -0.4 is 15.5 Å². The molecule has 27 heavy (non-hydrogen) atoms. The summed E-state index contributed by atoms with van der Waals surface area (Å²) in [6.45, 7) is 3.83. The van der Waals surface area contributed by atoms with Crippen molar-refractivity contribution in [3.05, 3.63) is 48.5 Å². The predicted molar refractivity (Wildman–Crippen MR) is 110 cm³/mol. The Kier molecular flexibility index (Phi) is 4.83. The Morgan fingerprint density at radius 1 is 1.07 bits per heavy atom. The van der Waals surface area contributed by atoms with Crippen LogP contribution in [-0.2, 0) is 9.59 Å². The third kappa shape index (κ3) is 3.54. The molecule has 0 saturated carbocycles. The minimum atomic E-state index is -1.21. The largest absolute Gasteiger partial charge is 0.372 e. The number of carbonyl (C=O) groups is 2. The number of nitrogens with one attached hydrogen (secondary N) is 2. The second-order valence-electron chi connectivity index (χ2n) is 7.13. The van der Waals surface area contributed by atoms with Crippen molar-refractivity contribution in [1.29, 1.82) is 0 Å². The van der Waals surface area contributed by atoms with Crippen molar-refractivity contribution in [2.45, 2.75) is 35.8 Å². The van der Waals surface area contributed by atoms with Crippen LogP contribution in [0, 0.1) is 0 Å². The standard InChI is InChI=1S/C21H23N3O2S/c1-21(20(26)23-17-7-3-4-8-18(17)27-21)19(25)22-15-9-11-16(12-10-15)24-13-5-2-6-14-24/h3-4,7-12H,2,5-6,13-14H2,1H3,(H,22,25)(H,23,26). The number of anilines is 3. The van der Waals surface area contributed by atoms with Crippen LogP contribution in [0.5, 0.6) is 0 Å². The molecule has 0 aliphatic carbocycles. The van der Waals surface area contributed by atoms with Crippen LogP contribution in [0.1, 0.15) is 26.2 Å². The minimum Gasteiger partial charge on any atom is -0.372 e. The summed E-state index contributed by atoms with van der Waals surface area (Å²) in [6.07, 6.45) is 3.75. The first-order chi connectivity index (χ1) is 13.1. The molecular formula is C21H23N3O2S. The summed E-state index contributed by atoms with van der Waals surface area (Å²) >= 11 is 1.29. The lowest BCUT2D eigenvalue weighted by molar-refractivity contribution is -0.126. The maximum absolute atomic E-state index is 12.9. The second-order valence-corrected chi connectivity index (χ2v) is 8.59. The molecule has 6 heteroatoms. The van der Waals surface area contributed by atoms with Crippen LogP contribution >= 0.6 is 11.8 Å². The highest BCUT2D eigenvalue weighted by Gasteiger charge is 2.45. The lowest BCUT2D eigenvalue weighted by Gasteiger charge is -2.32. The van der Waals surface area contributed by atoms with Gasteiger partial charge in [-0.15, -0.1) is 0 Å². The number of rotatable bonds is 3. The number of hydrogen-bond donors (Lipinski definition) is 2. The molecule has 0 aromatic heterocycles. The van der Waals surface area contributed by atoms with E-state index in [1.165, 1.54) is 36.7 Å². The van der Waals surface area contributed by atoms with Crippen LogP contribution in [0.25, 0.3) is 0 Å². The smallest absolute Gasteiger partial charge is 0.250 e. The Balaban J connectivity index is 1.47. The molecule has 2 aliphatic heterocycles. The van der Waals surface area contributed by atoms with Crippen molar-refractivity contribution >= 4 is 40.6 Å². The number of amides is 2. The molecule has 2 aromatic rings. The van der Waals surface area contributed by atoms with E-state index in [1.807, 2.05) is 48.5 Å². The van der Waals surface area contributed by atoms with Gasteiger partial charge in [0.15, 0.2) is 4.75 Å². The van der Waals surface area contributed by atoms with E-state index in [0.717, 1.165) is 23.7 Å². The van der Waals surface area contributed by atoms with Gasteiger partial charge in [-0.25, -0.2) is 0 Å². The van der Waals surface area contributed by atoms with E-state index in [-0.39, 0.29) is 11.8 Å². The first kappa shape index (κ1) is 17.9. The van der Waals surface area contributed by atoms with E-state index in [9.17, 15) is 9.59 Å². The molecule has 140 valence electrons. The summed E-state index contributed by atoms with van der Waals surface area (Å²) in [4.78, 5) is 28.7. The summed E-state index contributed by atoms with van der Waals surface area (Å²) < 4.78 is -1.21. The highest BCUT2D eigenvalue weighted by molar-refractivity contribution is 8.02. The maximum Gasteiger partial charge on any atom is 0.250 e. The Bertz CT molecular complexity index is 862. The van der Waals surface area contributed by atoms with E-state index in [0.29, 0.717) is 5.69 Å². The monoisotopic (exact) mass is 381 g/mol. The van der Waals surface area contributed by atoms with Gasteiger partial charge in [-0.2, -0.15) is 0 Å². The molecule has 2 amide bonds. The van der Waals surface area contributed by atoms with Crippen LogP contribution in [0.3, 0.4) is 0 Å². The molecule has 2 aliphatic rings. The molecule has 2 aromatic carbocycles. The average molecular weight is 382 g/mol. The van der Waals surface area contributed by atoms with Gasteiger partial charge in [0.05, 0.1) is 5.69 Å². The lowest BCUT2D eigenvalue weighted by atomic mass is 10.1. The molecule has 0 radical (unpaired) electrons. The molecule has 4 rings (SSSR count). The quantitative estimate of drug-likeness (QED) is 0.785. The van der Waals surface area contributed by atoms with E-state index in [2.05, 4.69) is 15.5 Å². The molecule has 1 saturated heterocycles. The normalized spacial score (nSPS) is 22.0. The Hall–Kier alpha value is -2.47. The fourth-order valence-electron chi connectivity index (χ4n) is 3.47. The van der Waals surface area contributed by atoms with Crippen LogP contribution in [0.4, 0.5) is 17.1 Å². The molecule has 0 bridgehead atoms. The third-order valence-electron chi connectivity index (χ3n) is 5.16. The zero-order valence-corrected chi connectivity index (χ0v) is 16.1. The van der Waals surface area contributed by atoms with Crippen LogP contribution in [0.15, 0.2) is 53.4 Å². The number of fused-ring (bicyclic) bond motifs is 1. The zero-order valence-electron chi connectivity index (χ0n) is 15.3. The van der Waals surface area contributed by atoms with Gasteiger partial charge in [0, 0.05) is 29.4 Å². The van der Waals surface area contributed by atoms with E-state index in [4.69, 9.17) is 0 Å². The summed E-state index contributed by atoms with van der Waals surface area (Å²) in [5, 5.41) is 5.75. The highest BCUT2D eigenvalue weighted by Crippen LogP contribution is 2.42. The van der Waals surface area contributed by atoms with Gasteiger partial charge in [0.2, 0.25) is 11.8 Å². The molecule has 2 heterocycles. The van der Waals surface area contributed by atoms with Crippen molar-refractivity contribution in [2.24, 2.45) is 0 Å². The second kappa shape index (κ2) is 7.27. The fraction of sp³-hybridized carbons (Fsp3) is 0.333. The minimum absolute atomic E-state index is 0.298. The van der Waals surface area contributed by atoms with Crippen molar-refractivity contribution < 1.29 is 9.59 Å². The van der Waals surface area contributed by atoms with E-state index in [1.54, 1.807) is 6.92 Å². The van der Waals surface area contributed by atoms with Gasteiger partial charge in [-0.3, -0.25) is 9.59 Å². The molecule has 2 N–H and O–H groups in total. The number of para-hydroxylation sites is 1. The zero-order chi connectivity index (χ0) is 18.9. The van der Waals surface area contributed by atoms with Crippen molar-refractivity contribution in [3.63, 3.8) is 0 Å². The molecule has 1 unspecified atom stereocenters. The predicted octanol–water partition coefficient (Wildman–Crippen LogP) is 4.12. The summed E-state index contributed by atoms with van der Waals surface area (Å²) in [5.41, 5.74) is 2.63. The SMILES string of the molecule is CC1(C(=O)Nc2ccc(N3CCCCC3)cc2)Sc2ccccc2NC1=O. The van der Waals surface area contributed by atoms with Gasteiger partial charge in [-0.1, -0.05) is 23.9 Å². The number of hydrogen-bond acceptors (Lipinski definition) is 4. The van der Waals surface area contributed by atoms with Crippen LogP contribution in [-0.4, -0.2) is 29.7 Å². The van der Waals surface area contributed by atoms with E-state index >= 15 is 0 Å². The number of benzene rings is 2. The molecule has 1 atom stereocenters. The number of thioether (sulfide) groups is 1. The lowest BCUT2D eigenvalue weighted by Crippen LogP contribution is -2.49. The van der Waals surface area contributed by atoms with Crippen molar-refractivity contribution in [1.82, 2.24) is 0 Å². The topological polar surface area (TPSA) is 61.4 Å². The number of piperidine rings is 1. The van der Waals surface area contributed by atoms with Gasteiger partial charge < -0.3 is 15.5 Å². The molecule has 0 spiro atoms. The molecule has 5 nitrogen and oxygen atoms in total. The Labute approximate surface area is 163 Å². The summed E-state index contributed by atoms with van der Waals surface area (Å²) in [6, 6.07) is 15.4. The first-order valence-corrected chi connectivity index (χ1v) is 10.1. The molecule has 1 fully saturated rings. The maximum atomic E-state index is 12.9. The third-order valence-corrected chi connectivity index (χ3v) is 6.52. The first-order valence-electron chi connectivity index (χ1n) is 9.32. The molecular weight excluding hydrogens is 358 g/mol. The fourth-order valence-corrected chi connectivity index (χ4v) is 4.58. The Morgan fingerprint density at radius 3 is 2.52 bits per heavy atom. The van der Waals surface area contributed by atoms with Crippen molar-refractivity contribution in [2.75, 3.05) is 28.6 Å². The van der Waals surface area contributed by atoms with Gasteiger partial charge in [0.1, 0.15) is 0 Å². The Morgan fingerprint density at radius 2 is 1.78 bits per heavy atom. The van der Waals surface area contributed by atoms with Gasteiger partial charge in [-0.05, 0) is 62.6 Å². The number of carbonyl (C=O) groups excluding carboxylic acids is 2. The van der Waals surface area contributed by atoms with Crippen LogP contribution in [0.2, 0.25) is 0 Å². The number of nitrogens with zero attached hydrogens (tertiary/aromatic N) is 1. The van der Waals surface area contributed by atoms with E-state index < -0.39 is 4.75 Å². The average Bonchev–Trinajstić information content (AvgIpc) is 2.70. The van der Waals surface area contributed by atoms with Gasteiger partial charge >= 0.3 is 0 Å². The summed E-state index contributed by atoms with van der Waals surface area (Å²) in [7, 11) is 0.